The van der Waals surface area contributed by atoms with Gasteiger partial charge in [-0.2, -0.15) is 5.10 Å². The molecule has 0 aliphatic rings. The van der Waals surface area contributed by atoms with Crippen molar-refractivity contribution in [3.63, 3.8) is 0 Å². The number of fused-ring (bicyclic) bond motifs is 1. The average molecular weight is 347 g/mol. The molecule has 8 heteroatoms. The number of nitrogens with zero attached hydrogens (tertiary/aromatic N) is 4. The molecular weight excluding hydrogens is 330 g/mol. The number of hydrogen-bond acceptors (Lipinski definition) is 6. The molecule has 0 saturated carbocycles. The summed E-state index contributed by atoms with van der Waals surface area (Å²) >= 11 is 3.01. The predicted octanol–water partition coefficient (Wildman–Crippen LogP) is 3.16. The summed E-state index contributed by atoms with van der Waals surface area (Å²) in [5, 5.41) is 10.8. The van der Waals surface area contributed by atoms with Gasteiger partial charge in [0.2, 0.25) is 5.91 Å². The van der Waals surface area contributed by atoms with Gasteiger partial charge in [-0.25, -0.2) is 9.97 Å². The molecule has 1 amide bonds. The SMILES string of the molecule is Cc1nn(C)c(C)c1NC(=O)[C@H](C)Sc1ncnc2sccc12. The van der Waals surface area contributed by atoms with Crippen molar-refractivity contribution in [2.24, 2.45) is 7.05 Å². The van der Waals surface area contributed by atoms with Gasteiger partial charge in [0.25, 0.3) is 0 Å². The number of carbonyl (C=O) groups is 1. The van der Waals surface area contributed by atoms with E-state index in [1.807, 2.05) is 39.3 Å². The molecule has 0 saturated heterocycles. The summed E-state index contributed by atoms with van der Waals surface area (Å²) in [4.78, 5) is 22.0. The lowest BCUT2D eigenvalue weighted by Gasteiger charge is -2.12. The van der Waals surface area contributed by atoms with E-state index in [2.05, 4.69) is 20.4 Å². The molecule has 1 atom stereocenters. The maximum atomic E-state index is 12.5. The molecule has 3 aromatic rings. The monoisotopic (exact) mass is 347 g/mol. The zero-order chi connectivity index (χ0) is 16.6. The van der Waals surface area contributed by atoms with Crippen LogP contribution in [0.5, 0.6) is 0 Å². The lowest BCUT2D eigenvalue weighted by molar-refractivity contribution is -0.115. The quantitative estimate of drug-likeness (QED) is 0.580. The highest BCUT2D eigenvalue weighted by Crippen LogP contribution is 2.31. The van der Waals surface area contributed by atoms with E-state index >= 15 is 0 Å². The first kappa shape index (κ1) is 15.9. The molecular formula is C15H17N5OS2. The number of nitrogens with one attached hydrogen (secondary N) is 1. The van der Waals surface area contributed by atoms with E-state index in [1.54, 1.807) is 22.3 Å². The number of aryl methyl sites for hydroxylation is 2. The first-order valence-electron chi connectivity index (χ1n) is 7.13. The van der Waals surface area contributed by atoms with Gasteiger partial charge in [0.1, 0.15) is 16.2 Å². The van der Waals surface area contributed by atoms with Crippen molar-refractivity contribution in [1.29, 1.82) is 0 Å². The maximum absolute atomic E-state index is 12.5. The van der Waals surface area contributed by atoms with E-state index in [0.29, 0.717) is 0 Å². The number of rotatable bonds is 4. The number of thioether (sulfide) groups is 1. The van der Waals surface area contributed by atoms with Gasteiger partial charge in [-0.05, 0) is 32.2 Å². The summed E-state index contributed by atoms with van der Waals surface area (Å²) in [6, 6.07) is 1.99. The molecule has 6 nitrogen and oxygen atoms in total. The van der Waals surface area contributed by atoms with Crippen LogP contribution in [0.1, 0.15) is 18.3 Å². The highest BCUT2D eigenvalue weighted by atomic mass is 32.2. The topological polar surface area (TPSA) is 72.7 Å². The standard InChI is InChI=1S/C15H17N5OS2/c1-8-12(9(2)20(4)19-8)18-13(21)10(3)23-15-11-5-6-22-14(11)16-7-17-15/h5-7,10H,1-4H3,(H,18,21)/t10-/m0/s1. The molecule has 0 aromatic carbocycles. The van der Waals surface area contributed by atoms with E-state index in [9.17, 15) is 4.79 Å². The number of anilines is 1. The minimum absolute atomic E-state index is 0.0591. The third kappa shape index (κ3) is 3.09. The molecule has 3 rings (SSSR count). The van der Waals surface area contributed by atoms with E-state index in [1.165, 1.54) is 11.8 Å². The molecule has 0 radical (unpaired) electrons. The fourth-order valence-corrected chi connectivity index (χ4v) is 3.96. The Bertz CT molecular complexity index is 870. The van der Waals surface area contributed by atoms with Crippen molar-refractivity contribution in [3.05, 3.63) is 29.2 Å². The predicted molar refractivity (Wildman–Crippen MR) is 94.0 cm³/mol. The number of amides is 1. The van der Waals surface area contributed by atoms with E-state index in [-0.39, 0.29) is 11.2 Å². The number of aromatic nitrogens is 4. The molecule has 0 aliphatic carbocycles. The smallest absolute Gasteiger partial charge is 0.237 e. The van der Waals surface area contributed by atoms with Crippen molar-refractivity contribution < 1.29 is 4.79 Å². The van der Waals surface area contributed by atoms with Gasteiger partial charge in [0.05, 0.1) is 22.3 Å². The third-order valence-electron chi connectivity index (χ3n) is 3.64. The van der Waals surface area contributed by atoms with Gasteiger partial charge in [0.15, 0.2) is 0 Å². The van der Waals surface area contributed by atoms with Crippen LogP contribution >= 0.6 is 23.1 Å². The first-order chi connectivity index (χ1) is 11.0. The van der Waals surface area contributed by atoms with Crippen LogP contribution in [0.25, 0.3) is 10.2 Å². The number of carbonyl (C=O) groups excluding carboxylic acids is 1. The molecule has 0 fully saturated rings. The average Bonchev–Trinajstić information content (AvgIpc) is 3.08. The molecule has 0 bridgehead atoms. The Morgan fingerprint density at radius 3 is 2.87 bits per heavy atom. The number of hydrogen-bond donors (Lipinski definition) is 1. The first-order valence-corrected chi connectivity index (χ1v) is 8.89. The van der Waals surface area contributed by atoms with Crippen LogP contribution in [0.3, 0.4) is 0 Å². The summed E-state index contributed by atoms with van der Waals surface area (Å²) in [6.45, 7) is 5.70. The van der Waals surface area contributed by atoms with Crippen molar-refractivity contribution in [1.82, 2.24) is 19.7 Å². The highest BCUT2D eigenvalue weighted by Gasteiger charge is 2.20. The van der Waals surface area contributed by atoms with Crippen molar-refractivity contribution in [2.45, 2.75) is 31.0 Å². The van der Waals surface area contributed by atoms with Crippen LogP contribution in [0, 0.1) is 13.8 Å². The summed E-state index contributed by atoms with van der Waals surface area (Å²) in [7, 11) is 1.87. The molecule has 3 heterocycles. The normalized spacial score (nSPS) is 12.5. The van der Waals surface area contributed by atoms with Crippen LogP contribution in [0.15, 0.2) is 22.8 Å². The van der Waals surface area contributed by atoms with Crippen LogP contribution in [0.4, 0.5) is 5.69 Å². The second kappa shape index (κ2) is 6.29. The van der Waals surface area contributed by atoms with Gasteiger partial charge >= 0.3 is 0 Å². The minimum Gasteiger partial charge on any atom is -0.322 e. The zero-order valence-electron chi connectivity index (χ0n) is 13.3. The van der Waals surface area contributed by atoms with E-state index < -0.39 is 0 Å². The second-order valence-electron chi connectivity index (χ2n) is 5.24. The Labute approximate surface area is 142 Å². The Hall–Kier alpha value is -1.93. The fourth-order valence-electron chi connectivity index (χ4n) is 2.26. The Morgan fingerprint density at radius 1 is 1.39 bits per heavy atom. The molecule has 1 N–H and O–H groups in total. The van der Waals surface area contributed by atoms with Crippen molar-refractivity contribution in [2.75, 3.05) is 5.32 Å². The molecule has 0 aliphatic heterocycles. The van der Waals surface area contributed by atoms with Gasteiger partial charge in [-0.1, -0.05) is 11.8 Å². The molecule has 3 aromatic heterocycles. The van der Waals surface area contributed by atoms with Gasteiger partial charge in [-0.15, -0.1) is 11.3 Å². The Morgan fingerprint density at radius 2 is 2.17 bits per heavy atom. The molecule has 0 spiro atoms. The lowest BCUT2D eigenvalue weighted by atomic mass is 10.3. The summed E-state index contributed by atoms with van der Waals surface area (Å²) < 4.78 is 1.77. The lowest BCUT2D eigenvalue weighted by Crippen LogP contribution is -2.23. The Kier molecular flexibility index (Phi) is 4.36. The van der Waals surface area contributed by atoms with Gasteiger partial charge in [0, 0.05) is 12.4 Å². The Balaban J connectivity index is 1.76. The van der Waals surface area contributed by atoms with E-state index in [0.717, 1.165) is 32.3 Å². The number of thiophene rings is 1. The minimum atomic E-state index is -0.271. The summed E-state index contributed by atoms with van der Waals surface area (Å²) in [5.74, 6) is -0.0591. The van der Waals surface area contributed by atoms with Crippen LogP contribution in [-0.4, -0.2) is 30.9 Å². The van der Waals surface area contributed by atoms with Crippen LogP contribution in [-0.2, 0) is 11.8 Å². The largest absolute Gasteiger partial charge is 0.322 e. The van der Waals surface area contributed by atoms with Crippen molar-refractivity contribution in [3.8, 4) is 0 Å². The van der Waals surface area contributed by atoms with E-state index in [4.69, 9.17) is 0 Å². The molecule has 120 valence electrons. The zero-order valence-corrected chi connectivity index (χ0v) is 15.0. The molecule has 23 heavy (non-hydrogen) atoms. The fraction of sp³-hybridized carbons (Fsp3) is 0.333. The third-order valence-corrected chi connectivity index (χ3v) is 5.58. The van der Waals surface area contributed by atoms with Gasteiger partial charge in [-0.3, -0.25) is 9.48 Å². The maximum Gasteiger partial charge on any atom is 0.237 e. The second-order valence-corrected chi connectivity index (χ2v) is 7.46. The summed E-state index contributed by atoms with van der Waals surface area (Å²) in [6.07, 6.45) is 1.54. The van der Waals surface area contributed by atoms with Crippen LogP contribution in [0.2, 0.25) is 0 Å². The van der Waals surface area contributed by atoms with Gasteiger partial charge < -0.3 is 5.32 Å². The summed E-state index contributed by atoms with van der Waals surface area (Å²) in [5.41, 5.74) is 2.54. The highest BCUT2D eigenvalue weighted by molar-refractivity contribution is 8.00. The van der Waals surface area contributed by atoms with Crippen molar-refractivity contribution >= 4 is 44.9 Å². The van der Waals surface area contributed by atoms with Crippen LogP contribution < -0.4 is 5.32 Å². The molecule has 0 unspecified atom stereocenters.